The molecule has 0 saturated carbocycles. The lowest BCUT2D eigenvalue weighted by molar-refractivity contribution is -0.120. The highest BCUT2D eigenvalue weighted by Crippen LogP contribution is 2.40. The van der Waals surface area contributed by atoms with Crippen LogP contribution in [0.25, 0.3) is 0 Å². The van der Waals surface area contributed by atoms with Crippen molar-refractivity contribution in [3.05, 3.63) is 83.9 Å². The number of benzene rings is 3. The zero-order valence-electron chi connectivity index (χ0n) is 21.0. The first-order valence-electron chi connectivity index (χ1n) is 12.0. The van der Waals surface area contributed by atoms with E-state index < -0.39 is 21.5 Å². The first-order chi connectivity index (χ1) is 17.1. The van der Waals surface area contributed by atoms with Crippen molar-refractivity contribution in [1.82, 2.24) is 5.32 Å². The molecule has 8 heteroatoms. The van der Waals surface area contributed by atoms with Gasteiger partial charge in [-0.1, -0.05) is 35.9 Å². The molecule has 36 heavy (non-hydrogen) atoms. The van der Waals surface area contributed by atoms with E-state index in [1.54, 1.807) is 42.5 Å². The minimum atomic E-state index is -4.02. The van der Waals surface area contributed by atoms with E-state index >= 15 is 0 Å². The summed E-state index contributed by atoms with van der Waals surface area (Å²) in [5.74, 6) is 0.907. The molecule has 1 aliphatic rings. The van der Waals surface area contributed by atoms with E-state index in [-0.39, 0.29) is 17.5 Å². The van der Waals surface area contributed by atoms with E-state index in [4.69, 9.17) is 9.47 Å². The van der Waals surface area contributed by atoms with Crippen LogP contribution >= 0.6 is 0 Å². The van der Waals surface area contributed by atoms with Gasteiger partial charge in [0.2, 0.25) is 5.91 Å². The van der Waals surface area contributed by atoms with Crippen LogP contribution < -0.4 is 19.1 Å². The third kappa shape index (κ3) is 5.65. The molecular weight excluding hydrogens is 476 g/mol. The second-order valence-electron chi connectivity index (χ2n) is 9.48. The van der Waals surface area contributed by atoms with Crippen LogP contribution in [0.1, 0.15) is 44.4 Å². The molecule has 3 aromatic carbocycles. The third-order valence-corrected chi connectivity index (χ3v) is 7.80. The zero-order chi connectivity index (χ0) is 25.9. The van der Waals surface area contributed by atoms with Gasteiger partial charge in [0.15, 0.2) is 0 Å². The van der Waals surface area contributed by atoms with Crippen LogP contribution in [0.4, 0.5) is 5.69 Å². The molecule has 0 aromatic heterocycles. The minimum Gasteiger partial charge on any atom is -0.494 e. The molecule has 0 spiro atoms. The molecule has 1 atom stereocenters. The summed E-state index contributed by atoms with van der Waals surface area (Å²) in [7, 11) is -4.02. The maximum Gasteiger partial charge on any atom is 0.264 e. The normalized spacial score (nSPS) is 16.4. The summed E-state index contributed by atoms with van der Waals surface area (Å²) < 4.78 is 40.0. The lowest BCUT2D eigenvalue weighted by Gasteiger charge is -2.38. The number of ether oxygens (including phenoxy) is 2. The maximum atomic E-state index is 13.7. The van der Waals surface area contributed by atoms with Crippen molar-refractivity contribution < 1.29 is 22.7 Å². The Hall–Kier alpha value is -3.52. The highest BCUT2D eigenvalue weighted by Gasteiger charge is 2.35. The standard InChI is InChI=1S/C28H32N2O5S/c1-5-34-22-12-14-23(15-13-22)36(32,33)30(21-9-7-6-8-10-21)19-27(31)29-25-18-28(3,4)35-26-16-11-20(2)17-24(25)26/h6-17,25H,5,18-19H2,1-4H3,(H,29,31). The van der Waals surface area contributed by atoms with Crippen molar-refractivity contribution in [1.29, 1.82) is 0 Å². The maximum absolute atomic E-state index is 13.7. The van der Waals surface area contributed by atoms with Crippen molar-refractivity contribution in [2.24, 2.45) is 0 Å². The van der Waals surface area contributed by atoms with E-state index in [2.05, 4.69) is 5.32 Å². The van der Waals surface area contributed by atoms with Gasteiger partial charge < -0.3 is 14.8 Å². The first-order valence-corrected chi connectivity index (χ1v) is 13.4. The zero-order valence-corrected chi connectivity index (χ0v) is 21.8. The number of nitrogens with zero attached hydrogens (tertiary/aromatic N) is 1. The summed E-state index contributed by atoms with van der Waals surface area (Å²) in [5.41, 5.74) is 1.88. The van der Waals surface area contributed by atoms with E-state index in [1.807, 2.05) is 45.9 Å². The second kappa shape index (κ2) is 10.2. The largest absolute Gasteiger partial charge is 0.494 e. The molecule has 1 unspecified atom stereocenters. The van der Waals surface area contributed by atoms with Crippen molar-refractivity contribution in [3.63, 3.8) is 0 Å². The average molecular weight is 509 g/mol. The predicted molar refractivity (Wildman–Crippen MR) is 140 cm³/mol. The predicted octanol–water partition coefficient (Wildman–Crippen LogP) is 5.01. The molecule has 190 valence electrons. The molecule has 1 heterocycles. The lowest BCUT2D eigenvalue weighted by atomic mass is 9.89. The number of sulfonamides is 1. The highest BCUT2D eigenvalue weighted by atomic mass is 32.2. The van der Waals surface area contributed by atoms with Gasteiger partial charge in [-0.2, -0.15) is 0 Å². The Morgan fingerprint density at radius 2 is 1.78 bits per heavy atom. The summed E-state index contributed by atoms with van der Waals surface area (Å²) in [5, 5.41) is 3.06. The molecule has 4 rings (SSSR count). The number of para-hydroxylation sites is 1. The third-order valence-electron chi connectivity index (χ3n) is 6.01. The van der Waals surface area contributed by atoms with Gasteiger partial charge in [0, 0.05) is 12.0 Å². The van der Waals surface area contributed by atoms with Crippen molar-refractivity contribution >= 4 is 21.6 Å². The van der Waals surface area contributed by atoms with Gasteiger partial charge in [-0.05, 0) is 70.2 Å². The molecule has 3 aromatic rings. The molecule has 1 N–H and O–H groups in total. The van der Waals surface area contributed by atoms with E-state index in [9.17, 15) is 13.2 Å². The minimum absolute atomic E-state index is 0.0794. The second-order valence-corrected chi connectivity index (χ2v) is 11.3. The fourth-order valence-corrected chi connectivity index (χ4v) is 5.81. The van der Waals surface area contributed by atoms with Gasteiger partial charge >= 0.3 is 0 Å². The fourth-order valence-electron chi connectivity index (χ4n) is 4.38. The summed E-state index contributed by atoms with van der Waals surface area (Å²) >= 11 is 0. The number of fused-ring (bicyclic) bond motifs is 1. The molecule has 0 aliphatic carbocycles. The Balaban J connectivity index is 1.62. The van der Waals surface area contributed by atoms with E-state index in [1.165, 1.54) is 12.1 Å². The molecule has 1 aliphatic heterocycles. The van der Waals surface area contributed by atoms with Gasteiger partial charge in [-0.15, -0.1) is 0 Å². The van der Waals surface area contributed by atoms with Crippen LogP contribution in [-0.4, -0.2) is 33.1 Å². The molecule has 0 bridgehead atoms. The Labute approximate surface area is 213 Å². The fraction of sp³-hybridized carbons (Fsp3) is 0.321. The van der Waals surface area contributed by atoms with Crippen LogP contribution in [0.3, 0.4) is 0 Å². The Morgan fingerprint density at radius 1 is 1.08 bits per heavy atom. The summed E-state index contributed by atoms with van der Waals surface area (Å²) in [4.78, 5) is 13.4. The van der Waals surface area contributed by atoms with Crippen LogP contribution in [-0.2, 0) is 14.8 Å². The van der Waals surface area contributed by atoms with Gasteiger partial charge in [0.25, 0.3) is 10.0 Å². The van der Waals surface area contributed by atoms with Gasteiger partial charge in [0.1, 0.15) is 23.6 Å². The Morgan fingerprint density at radius 3 is 2.44 bits per heavy atom. The number of hydrogen-bond acceptors (Lipinski definition) is 5. The summed E-state index contributed by atoms with van der Waals surface area (Å²) in [6.45, 7) is 7.91. The smallest absolute Gasteiger partial charge is 0.264 e. The SMILES string of the molecule is CCOc1ccc(S(=O)(=O)N(CC(=O)NC2CC(C)(C)Oc3ccc(C)cc32)c2ccccc2)cc1. The number of aryl methyl sites for hydroxylation is 1. The van der Waals surface area contributed by atoms with Gasteiger partial charge in [-0.25, -0.2) is 8.42 Å². The molecule has 7 nitrogen and oxygen atoms in total. The monoisotopic (exact) mass is 508 g/mol. The van der Waals surface area contributed by atoms with Crippen LogP contribution in [0.15, 0.2) is 77.7 Å². The number of carbonyl (C=O) groups is 1. The molecular formula is C28H32N2O5S. The van der Waals surface area contributed by atoms with Crippen LogP contribution in [0.5, 0.6) is 11.5 Å². The quantitative estimate of drug-likeness (QED) is 0.463. The number of hydrogen-bond donors (Lipinski definition) is 1. The van der Waals surface area contributed by atoms with E-state index in [0.717, 1.165) is 21.2 Å². The topological polar surface area (TPSA) is 84.9 Å². The van der Waals surface area contributed by atoms with Crippen molar-refractivity contribution in [2.75, 3.05) is 17.5 Å². The molecule has 0 radical (unpaired) electrons. The Bertz CT molecular complexity index is 1320. The summed E-state index contributed by atoms with van der Waals surface area (Å²) in [6.07, 6.45) is 0.562. The highest BCUT2D eigenvalue weighted by molar-refractivity contribution is 7.92. The number of nitrogens with one attached hydrogen (secondary N) is 1. The van der Waals surface area contributed by atoms with Gasteiger partial charge in [0.05, 0.1) is 23.2 Å². The number of amides is 1. The van der Waals surface area contributed by atoms with Crippen LogP contribution in [0.2, 0.25) is 0 Å². The van der Waals surface area contributed by atoms with Crippen LogP contribution in [0, 0.1) is 6.92 Å². The lowest BCUT2D eigenvalue weighted by Crippen LogP contribution is -2.45. The van der Waals surface area contributed by atoms with Crippen molar-refractivity contribution in [3.8, 4) is 11.5 Å². The van der Waals surface area contributed by atoms with E-state index in [0.29, 0.717) is 24.5 Å². The Kier molecular flexibility index (Phi) is 7.26. The molecule has 1 amide bonds. The van der Waals surface area contributed by atoms with Gasteiger partial charge in [-0.3, -0.25) is 9.10 Å². The molecule has 0 saturated heterocycles. The molecule has 0 fully saturated rings. The first kappa shape index (κ1) is 25.6. The van der Waals surface area contributed by atoms with Crippen molar-refractivity contribution in [2.45, 2.75) is 50.7 Å². The number of carbonyl (C=O) groups excluding carboxylic acids is 1. The number of rotatable bonds is 8. The number of anilines is 1. The average Bonchev–Trinajstić information content (AvgIpc) is 2.83. The summed E-state index contributed by atoms with van der Waals surface area (Å²) in [6, 6.07) is 20.4.